The van der Waals surface area contributed by atoms with E-state index in [0.29, 0.717) is 0 Å². The summed E-state index contributed by atoms with van der Waals surface area (Å²) >= 11 is 5.18. The van der Waals surface area contributed by atoms with Gasteiger partial charge in [-0.15, -0.1) is 0 Å². The van der Waals surface area contributed by atoms with Gasteiger partial charge >= 0.3 is 0 Å². The topological polar surface area (TPSA) is 27.3 Å². The van der Waals surface area contributed by atoms with Gasteiger partial charge in [0, 0.05) is 19.6 Å². The number of likely N-dealkylation sites (tertiary alicyclic amines) is 1. The maximum Gasteiger partial charge on any atom is 0.166 e. The zero-order valence-electron chi connectivity index (χ0n) is 9.88. The lowest BCUT2D eigenvalue weighted by Crippen LogP contribution is -2.42. The SMILES string of the molecule is CCCNC(=S)NCC1CCCN(C)C1. The van der Waals surface area contributed by atoms with Crippen molar-refractivity contribution in [3.63, 3.8) is 0 Å². The van der Waals surface area contributed by atoms with Crippen molar-refractivity contribution >= 4 is 17.3 Å². The van der Waals surface area contributed by atoms with Crippen molar-refractivity contribution in [2.24, 2.45) is 5.92 Å². The first-order chi connectivity index (χ1) is 7.22. The number of nitrogens with one attached hydrogen (secondary N) is 2. The van der Waals surface area contributed by atoms with Crippen LogP contribution in [-0.2, 0) is 0 Å². The Morgan fingerprint density at radius 2 is 2.27 bits per heavy atom. The van der Waals surface area contributed by atoms with Crippen molar-refractivity contribution in [1.29, 1.82) is 0 Å². The highest BCUT2D eigenvalue weighted by atomic mass is 32.1. The van der Waals surface area contributed by atoms with Crippen LogP contribution in [0.4, 0.5) is 0 Å². The van der Waals surface area contributed by atoms with E-state index < -0.39 is 0 Å². The van der Waals surface area contributed by atoms with Crippen molar-refractivity contribution in [3.8, 4) is 0 Å². The molecular formula is C11H23N3S. The molecule has 0 aromatic heterocycles. The summed E-state index contributed by atoms with van der Waals surface area (Å²) in [5.41, 5.74) is 0. The van der Waals surface area contributed by atoms with Gasteiger partial charge in [0.2, 0.25) is 0 Å². The summed E-state index contributed by atoms with van der Waals surface area (Å²) < 4.78 is 0. The second kappa shape index (κ2) is 7.01. The average molecular weight is 229 g/mol. The lowest BCUT2D eigenvalue weighted by molar-refractivity contribution is 0.210. The molecule has 1 aliphatic rings. The van der Waals surface area contributed by atoms with Crippen LogP contribution >= 0.6 is 12.2 Å². The van der Waals surface area contributed by atoms with Crippen molar-refractivity contribution in [2.45, 2.75) is 26.2 Å². The van der Waals surface area contributed by atoms with Gasteiger partial charge in [0.1, 0.15) is 0 Å². The molecule has 1 atom stereocenters. The number of nitrogens with zero attached hydrogens (tertiary/aromatic N) is 1. The van der Waals surface area contributed by atoms with Crippen LogP contribution in [0.25, 0.3) is 0 Å². The first kappa shape index (κ1) is 12.7. The van der Waals surface area contributed by atoms with Gasteiger partial charge in [0.05, 0.1) is 0 Å². The van der Waals surface area contributed by atoms with E-state index in [4.69, 9.17) is 12.2 Å². The van der Waals surface area contributed by atoms with Gasteiger partial charge in [0.25, 0.3) is 0 Å². The number of thiocarbonyl (C=S) groups is 1. The second-order valence-electron chi connectivity index (χ2n) is 4.41. The molecule has 0 spiro atoms. The summed E-state index contributed by atoms with van der Waals surface area (Å²) in [5.74, 6) is 0.755. The Balaban J connectivity index is 2.10. The number of hydrogen-bond acceptors (Lipinski definition) is 2. The number of hydrogen-bond donors (Lipinski definition) is 2. The van der Waals surface area contributed by atoms with Crippen LogP contribution in [0.1, 0.15) is 26.2 Å². The average Bonchev–Trinajstić information content (AvgIpc) is 2.23. The predicted molar refractivity (Wildman–Crippen MR) is 69.1 cm³/mol. The lowest BCUT2D eigenvalue weighted by atomic mass is 9.99. The van der Waals surface area contributed by atoms with Crippen LogP contribution in [0, 0.1) is 5.92 Å². The summed E-state index contributed by atoms with van der Waals surface area (Å²) in [7, 11) is 2.19. The largest absolute Gasteiger partial charge is 0.363 e. The molecule has 0 bridgehead atoms. The Bertz CT molecular complexity index is 196. The van der Waals surface area contributed by atoms with E-state index in [0.717, 1.165) is 30.5 Å². The van der Waals surface area contributed by atoms with E-state index in [1.165, 1.54) is 25.9 Å². The van der Waals surface area contributed by atoms with Gasteiger partial charge in [-0.25, -0.2) is 0 Å². The third-order valence-corrected chi connectivity index (χ3v) is 3.10. The van der Waals surface area contributed by atoms with Gasteiger partial charge in [-0.3, -0.25) is 0 Å². The molecule has 0 aromatic rings. The zero-order chi connectivity index (χ0) is 11.1. The Morgan fingerprint density at radius 3 is 2.93 bits per heavy atom. The molecule has 1 saturated heterocycles. The zero-order valence-corrected chi connectivity index (χ0v) is 10.7. The monoisotopic (exact) mass is 229 g/mol. The molecule has 1 heterocycles. The molecule has 0 aliphatic carbocycles. The number of piperidine rings is 1. The second-order valence-corrected chi connectivity index (χ2v) is 4.82. The van der Waals surface area contributed by atoms with E-state index in [1.807, 2.05) is 0 Å². The highest BCUT2D eigenvalue weighted by Crippen LogP contribution is 2.13. The van der Waals surface area contributed by atoms with Gasteiger partial charge < -0.3 is 15.5 Å². The van der Waals surface area contributed by atoms with Crippen molar-refractivity contribution in [1.82, 2.24) is 15.5 Å². The molecule has 1 fully saturated rings. The van der Waals surface area contributed by atoms with Crippen LogP contribution < -0.4 is 10.6 Å². The molecule has 0 amide bonds. The van der Waals surface area contributed by atoms with Crippen molar-refractivity contribution < 1.29 is 0 Å². The third-order valence-electron chi connectivity index (χ3n) is 2.81. The summed E-state index contributed by atoms with van der Waals surface area (Å²) in [6.07, 6.45) is 3.76. The van der Waals surface area contributed by atoms with Crippen LogP contribution in [0.15, 0.2) is 0 Å². The molecule has 3 nitrogen and oxygen atoms in total. The molecule has 0 radical (unpaired) electrons. The molecule has 0 aromatic carbocycles. The summed E-state index contributed by atoms with van der Waals surface area (Å²) in [6.45, 7) is 6.57. The van der Waals surface area contributed by atoms with Gasteiger partial charge in [-0.1, -0.05) is 6.92 Å². The minimum atomic E-state index is 0.755. The number of rotatable bonds is 4. The minimum absolute atomic E-state index is 0.755. The molecule has 4 heteroatoms. The van der Waals surface area contributed by atoms with E-state index in [9.17, 15) is 0 Å². The van der Waals surface area contributed by atoms with E-state index >= 15 is 0 Å². The van der Waals surface area contributed by atoms with E-state index in [2.05, 4.69) is 29.5 Å². The molecule has 1 unspecified atom stereocenters. The van der Waals surface area contributed by atoms with Gasteiger partial charge in [0.15, 0.2) is 5.11 Å². The molecule has 88 valence electrons. The first-order valence-corrected chi connectivity index (χ1v) is 6.33. The normalized spacial score (nSPS) is 22.4. The minimum Gasteiger partial charge on any atom is -0.363 e. The Labute approximate surface area is 98.6 Å². The molecule has 2 N–H and O–H groups in total. The van der Waals surface area contributed by atoms with Gasteiger partial charge in [-0.05, 0) is 51.0 Å². The highest BCUT2D eigenvalue weighted by Gasteiger charge is 2.16. The Morgan fingerprint density at radius 1 is 1.47 bits per heavy atom. The smallest absolute Gasteiger partial charge is 0.166 e. The lowest BCUT2D eigenvalue weighted by Gasteiger charge is -2.30. The highest BCUT2D eigenvalue weighted by molar-refractivity contribution is 7.80. The molecule has 1 rings (SSSR count). The van der Waals surface area contributed by atoms with E-state index in [1.54, 1.807) is 0 Å². The molecule has 15 heavy (non-hydrogen) atoms. The molecular weight excluding hydrogens is 206 g/mol. The van der Waals surface area contributed by atoms with Crippen LogP contribution in [-0.4, -0.2) is 43.2 Å². The van der Waals surface area contributed by atoms with Crippen molar-refractivity contribution in [2.75, 3.05) is 33.2 Å². The Kier molecular flexibility index (Phi) is 5.95. The summed E-state index contributed by atoms with van der Waals surface area (Å²) in [4.78, 5) is 2.40. The Hall–Kier alpha value is -0.350. The van der Waals surface area contributed by atoms with Crippen molar-refractivity contribution in [3.05, 3.63) is 0 Å². The first-order valence-electron chi connectivity index (χ1n) is 5.92. The summed E-state index contributed by atoms with van der Waals surface area (Å²) in [6, 6.07) is 0. The molecule has 0 saturated carbocycles. The quantitative estimate of drug-likeness (QED) is 0.709. The van der Waals surface area contributed by atoms with Crippen LogP contribution in [0.3, 0.4) is 0 Å². The fraction of sp³-hybridized carbons (Fsp3) is 0.909. The standard InChI is InChI=1S/C11H23N3S/c1-3-6-12-11(15)13-8-10-5-4-7-14(2)9-10/h10H,3-9H2,1-2H3,(H2,12,13,15). The van der Waals surface area contributed by atoms with Gasteiger partial charge in [-0.2, -0.15) is 0 Å². The fourth-order valence-electron chi connectivity index (χ4n) is 1.98. The summed E-state index contributed by atoms with van der Waals surface area (Å²) in [5, 5.41) is 7.30. The van der Waals surface area contributed by atoms with Crippen LogP contribution in [0.2, 0.25) is 0 Å². The van der Waals surface area contributed by atoms with E-state index in [-0.39, 0.29) is 0 Å². The maximum absolute atomic E-state index is 5.18. The fourth-order valence-corrected chi connectivity index (χ4v) is 2.16. The van der Waals surface area contributed by atoms with Crippen LogP contribution in [0.5, 0.6) is 0 Å². The third kappa shape index (κ3) is 5.33. The molecule has 1 aliphatic heterocycles. The predicted octanol–water partition coefficient (Wildman–Crippen LogP) is 1.20. The maximum atomic E-state index is 5.18.